The van der Waals surface area contributed by atoms with E-state index in [1.807, 2.05) is 35.2 Å². The topological polar surface area (TPSA) is 63.0 Å². The van der Waals surface area contributed by atoms with E-state index in [1.165, 1.54) is 5.56 Å². The molecule has 3 aliphatic rings. The van der Waals surface area contributed by atoms with Crippen LogP contribution in [0.3, 0.4) is 0 Å². The summed E-state index contributed by atoms with van der Waals surface area (Å²) in [6.45, 7) is 1.86. The van der Waals surface area contributed by atoms with Crippen LogP contribution in [0.5, 0.6) is 0 Å². The normalized spacial score (nSPS) is 24.7. The van der Waals surface area contributed by atoms with Crippen LogP contribution < -0.4 is 0 Å². The third-order valence-corrected chi connectivity index (χ3v) is 6.64. The molecule has 0 unspecified atom stereocenters. The molecule has 1 saturated heterocycles. The van der Waals surface area contributed by atoms with Gasteiger partial charge in [-0.05, 0) is 55.7 Å². The fourth-order valence-electron chi connectivity index (χ4n) is 4.65. The van der Waals surface area contributed by atoms with E-state index in [0.29, 0.717) is 13.1 Å². The van der Waals surface area contributed by atoms with Crippen molar-refractivity contribution in [1.29, 1.82) is 0 Å². The Labute approximate surface area is 183 Å². The van der Waals surface area contributed by atoms with Crippen molar-refractivity contribution < 1.29 is 18.7 Å². The van der Waals surface area contributed by atoms with Crippen molar-refractivity contribution in [3.63, 3.8) is 0 Å². The van der Waals surface area contributed by atoms with E-state index in [2.05, 4.69) is 12.1 Å². The molecule has 1 aliphatic heterocycles. The number of nitrogens with zero attached hydrogens (tertiary/aromatic N) is 2. The van der Waals surface area contributed by atoms with Crippen LogP contribution in [0.1, 0.15) is 49.3 Å². The van der Waals surface area contributed by atoms with Crippen molar-refractivity contribution in [2.24, 2.45) is 5.92 Å². The maximum Gasteiger partial charge on any atom is 0.242 e. The van der Waals surface area contributed by atoms with Crippen LogP contribution in [0.2, 0.25) is 0 Å². The predicted octanol–water partition coefficient (Wildman–Crippen LogP) is 3.58. The zero-order chi connectivity index (χ0) is 21.2. The molecule has 0 spiro atoms. The minimum Gasteiger partial charge on any atom is -0.467 e. The largest absolute Gasteiger partial charge is 0.467 e. The highest BCUT2D eigenvalue weighted by Crippen LogP contribution is 2.49. The lowest BCUT2D eigenvalue weighted by atomic mass is 10.1. The molecule has 2 amide bonds. The van der Waals surface area contributed by atoms with Gasteiger partial charge in [-0.15, -0.1) is 0 Å². The highest BCUT2D eigenvalue weighted by Gasteiger charge is 2.48. The van der Waals surface area contributed by atoms with Crippen LogP contribution in [0, 0.1) is 5.92 Å². The maximum absolute atomic E-state index is 13.3. The van der Waals surface area contributed by atoms with Gasteiger partial charge in [-0.2, -0.15) is 0 Å². The lowest BCUT2D eigenvalue weighted by Crippen LogP contribution is -2.46. The third-order valence-electron chi connectivity index (χ3n) is 6.64. The molecule has 2 heterocycles. The average Bonchev–Trinajstić information content (AvgIpc) is 3.68. The molecule has 3 fully saturated rings. The van der Waals surface area contributed by atoms with Crippen molar-refractivity contribution in [3.8, 4) is 0 Å². The summed E-state index contributed by atoms with van der Waals surface area (Å²) in [4.78, 5) is 30.3. The molecule has 1 aromatic carbocycles. The molecule has 0 radical (unpaired) electrons. The highest BCUT2D eigenvalue weighted by molar-refractivity contribution is 5.88. The van der Waals surface area contributed by atoms with E-state index in [0.717, 1.165) is 44.5 Å². The molecule has 6 heteroatoms. The standard InChI is InChI=1S/C25H30N2O4/c28-24(26(15-20-8-4-12-30-20)16-21-9-5-13-31-21)17-27(19-10-11-19)25(29)23-14-22(23)18-6-2-1-3-7-18/h1-4,6-8,12,19,21-23H,5,9-11,13-17H2/t21-,22+,23-/m1/s1. The summed E-state index contributed by atoms with van der Waals surface area (Å²) in [5.41, 5.74) is 1.22. The SMILES string of the molecule is O=C(CN(C(=O)[C@@H]1C[C@H]1c1ccccc1)C1CC1)N(Cc1ccco1)C[C@H]1CCCO1. The summed E-state index contributed by atoms with van der Waals surface area (Å²) in [5.74, 6) is 1.16. The number of amides is 2. The molecule has 2 saturated carbocycles. The van der Waals surface area contributed by atoms with E-state index in [4.69, 9.17) is 9.15 Å². The Kier molecular flexibility index (Phi) is 5.81. The van der Waals surface area contributed by atoms with Crippen LogP contribution in [0.4, 0.5) is 0 Å². The van der Waals surface area contributed by atoms with Gasteiger partial charge in [-0.3, -0.25) is 9.59 Å². The summed E-state index contributed by atoms with van der Waals surface area (Å²) in [5, 5.41) is 0. The number of ether oxygens (including phenoxy) is 1. The minimum absolute atomic E-state index is 0.00693. The lowest BCUT2D eigenvalue weighted by Gasteiger charge is -2.29. The van der Waals surface area contributed by atoms with E-state index in [-0.39, 0.29) is 42.3 Å². The zero-order valence-electron chi connectivity index (χ0n) is 17.8. The van der Waals surface area contributed by atoms with Gasteiger partial charge < -0.3 is 19.0 Å². The van der Waals surface area contributed by atoms with Gasteiger partial charge in [0.25, 0.3) is 0 Å². The summed E-state index contributed by atoms with van der Waals surface area (Å²) in [7, 11) is 0. The third kappa shape index (κ3) is 4.85. The second-order valence-corrected chi connectivity index (χ2v) is 9.05. The second kappa shape index (κ2) is 8.87. The number of carbonyl (C=O) groups is 2. The molecule has 1 aromatic heterocycles. The van der Waals surface area contributed by atoms with Gasteiger partial charge in [0, 0.05) is 25.1 Å². The van der Waals surface area contributed by atoms with Gasteiger partial charge in [0.1, 0.15) is 12.3 Å². The van der Waals surface area contributed by atoms with Crippen LogP contribution >= 0.6 is 0 Å². The first kappa shape index (κ1) is 20.3. The number of benzene rings is 1. The molecule has 31 heavy (non-hydrogen) atoms. The monoisotopic (exact) mass is 422 g/mol. The summed E-state index contributed by atoms with van der Waals surface area (Å²) < 4.78 is 11.3. The molecule has 0 bridgehead atoms. The molecule has 5 rings (SSSR count). The van der Waals surface area contributed by atoms with Gasteiger partial charge >= 0.3 is 0 Å². The summed E-state index contributed by atoms with van der Waals surface area (Å²) in [6.07, 6.45) is 6.55. The number of furan rings is 1. The van der Waals surface area contributed by atoms with Crippen LogP contribution in [-0.4, -0.2) is 53.5 Å². The van der Waals surface area contributed by atoms with Gasteiger partial charge in [-0.25, -0.2) is 0 Å². The van der Waals surface area contributed by atoms with Gasteiger partial charge in [0.05, 0.1) is 18.9 Å². The lowest BCUT2D eigenvalue weighted by molar-refractivity contribution is -0.143. The Balaban J connectivity index is 1.25. The molecular weight excluding hydrogens is 392 g/mol. The van der Waals surface area contributed by atoms with Crippen LogP contribution in [0.25, 0.3) is 0 Å². The Morgan fingerprint density at radius 1 is 1.03 bits per heavy atom. The van der Waals surface area contributed by atoms with E-state index < -0.39 is 0 Å². The highest BCUT2D eigenvalue weighted by atomic mass is 16.5. The van der Waals surface area contributed by atoms with Gasteiger partial charge in [0.15, 0.2) is 0 Å². The molecule has 0 N–H and O–H groups in total. The molecular formula is C25H30N2O4. The quantitative estimate of drug-likeness (QED) is 0.620. The Hall–Kier alpha value is -2.60. The molecule has 3 atom stereocenters. The van der Waals surface area contributed by atoms with Crippen molar-refractivity contribution in [1.82, 2.24) is 9.80 Å². The van der Waals surface area contributed by atoms with Crippen LogP contribution in [-0.2, 0) is 20.9 Å². The molecule has 164 valence electrons. The van der Waals surface area contributed by atoms with E-state index in [1.54, 1.807) is 11.2 Å². The van der Waals surface area contributed by atoms with Crippen LogP contribution in [0.15, 0.2) is 53.1 Å². The second-order valence-electron chi connectivity index (χ2n) is 9.05. The first-order valence-electron chi connectivity index (χ1n) is 11.5. The zero-order valence-corrected chi connectivity index (χ0v) is 17.8. The van der Waals surface area contributed by atoms with Gasteiger partial charge in [0.2, 0.25) is 11.8 Å². The van der Waals surface area contributed by atoms with E-state index in [9.17, 15) is 9.59 Å². The maximum atomic E-state index is 13.3. The molecule has 2 aliphatic carbocycles. The summed E-state index contributed by atoms with van der Waals surface area (Å²) >= 11 is 0. The Morgan fingerprint density at radius 3 is 2.55 bits per heavy atom. The first-order valence-corrected chi connectivity index (χ1v) is 11.5. The smallest absolute Gasteiger partial charge is 0.242 e. The Morgan fingerprint density at radius 2 is 1.87 bits per heavy atom. The van der Waals surface area contributed by atoms with Gasteiger partial charge in [-0.1, -0.05) is 30.3 Å². The fourth-order valence-corrected chi connectivity index (χ4v) is 4.65. The first-order chi connectivity index (χ1) is 15.2. The van der Waals surface area contributed by atoms with Crippen molar-refractivity contribution in [2.45, 2.75) is 56.7 Å². The number of rotatable bonds is 9. The van der Waals surface area contributed by atoms with Crippen molar-refractivity contribution in [2.75, 3.05) is 19.7 Å². The van der Waals surface area contributed by atoms with Crippen molar-refractivity contribution >= 4 is 11.8 Å². The minimum atomic E-state index is -0.0240. The van der Waals surface area contributed by atoms with Crippen molar-refractivity contribution in [3.05, 3.63) is 60.1 Å². The molecule has 2 aromatic rings. The average molecular weight is 423 g/mol. The van der Waals surface area contributed by atoms with E-state index >= 15 is 0 Å². The summed E-state index contributed by atoms with van der Waals surface area (Å²) in [6, 6.07) is 14.2. The molecule has 6 nitrogen and oxygen atoms in total. The Bertz CT molecular complexity index is 888. The number of hydrogen-bond acceptors (Lipinski definition) is 4. The fraction of sp³-hybridized carbons (Fsp3) is 0.520. The predicted molar refractivity (Wildman–Crippen MR) is 115 cm³/mol. The number of carbonyl (C=O) groups excluding carboxylic acids is 2. The number of hydrogen-bond donors (Lipinski definition) is 0.